The highest BCUT2D eigenvalue weighted by Crippen LogP contribution is 2.21. The van der Waals surface area contributed by atoms with Gasteiger partial charge in [-0.1, -0.05) is 51.3 Å². The molecule has 0 radical (unpaired) electrons. The summed E-state index contributed by atoms with van der Waals surface area (Å²) in [6.45, 7) is 1.21. The summed E-state index contributed by atoms with van der Waals surface area (Å²) in [7, 11) is 0. The highest BCUT2D eigenvalue weighted by molar-refractivity contribution is 9.10. The number of hydrogen-bond acceptors (Lipinski definition) is 1. The first-order valence-corrected chi connectivity index (χ1v) is 7.70. The molecule has 0 aromatic heterocycles. The molecule has 0 unspecified atom stereocenters. The van der Waals surface area contributed by atoms with E-state index in [1.165, 1.54) is 6.07 Å². The maximum absolute atomic E-state index is 13.6. The van der Waals surface area contributed by atoms with Gasteiger partial charge in [-0.15, -0.1) is 0 Å². The van der Waals surface area contributed by atoms with E-state index >= 15 is 0 Å². The molecule has 0 saturated carbocycles. The monoisotopic (exact) mass is 375 g/mol. The molecule has 1 nitrogen and oxygen atoms in total. The SMILES string of the molecule is Fc1cc(Br)ccc1CNCCc1ccc(Cl)cc1Cl. The molecule has 2 aromatic rings. The quantitative estimate of drug-likeness (QED) is 0.704. The van der Waals surface area contributed by atoms with Crippen LogP contribution in [0.25, 0.3) is 0 Å². The van der Waals surface area contributed by atoms with E-state index in [2.05, 4.69) is 21.2 Å². The zero-order valence-electron chi connectivity index (χ0n) is 10.6. The molecule has 0 aliphatic heterocycles. The van der Waals surface area contributed by atoms with Crippen molar-refractivity contribution in [2.75, 3.05) is 6.54 Å². The summed E-state index contributed by atoms with van der Waals surface area (Å²) in [6.07, 6.45) is 0.772. The topological polar surface area (TPSA) is 12.0 Å². The number of hydrogen-bond donors (Lipinski definition) is 1. The van der Waals surface area contributed by atoms with Gasteiger partial charge in [-0.25, -0.2) is 4.39 Å². The van der Waals surface area contributed by atoms with Crippen molar-refractivity contribution in [1.29, 1.82) is 0 Å². The molecule has 5 heteroatoms. The summed E-state index contributed by atoms with van der Waals surface area (Å²) >= 11 is 15.2. The van der Waals surface area contributed by atoms with Gasteiger partial charge in [0.05, 0.1) is 0 Å². The predicted molar refractivity (Wildman–Crippen MR) is 86.0 cm³/mol. The van der Waals surface area contributed by atoms with Crippen LogP contribution in [0.1, 0.15) is 11.1 Å². The first-order chi connectivity index (χ1) is 9.56. The van der Waals surface area contributed by atoms with Crippen LogP contribution in [0.4, 0.5) is 4.39 Å². The number of benzene rings is 2. The van der Waals surface area contributed by atoms with Gasteiger partial charge in [0.25, 0.3) is 0 Å². The molecule has 0 saturated heterocycles. The van der Waals surface area contributed by atoms with E-state index < -0.39 is 0 Å². The largest absolute Gasteiger partial charge is 0.312 e. The van der Waals surface area contributed by atoms with Crippen LogP contribution in [-0.4, -0.2) is 6.54 Å². The molecule has 0 fully saturated rings. The fourth-order valence-corrected chi connectivity index (χ4v) is 2.67. The van der Waals surface area contributed by atoms with Gasteiger partial charge in [0.1, 0.15) is 5.82 Å². The van der Waals surface area contributed by atoms with Crippen LogP contribution >= 0.6 is 39.1 Å². The van der Waals surface area contributed by atoms with Crippen molar-refractivity contribution in [1.82, 2.24) is 5.32 Å². The van der Waals surface area contributed by atoms with Gasteiger partial charge < -0.3 is 5.32 Å². The Morgan fingerprint density at radius 1 is 1.05 bits per heavy atom. The Kier molecular flexibility index (Phi) is 5.85. The zero-order chi connectivity index (χ0) is 14.5. The fraction of sp³-hybridized carbons (Fsp3) is 0.200. The zero-order valence-corrected chi connectivity index (χ0v) is 13.7. The second kappa shape index (κ2) is 7.41. The van der Waals surface area contributed by atoms with Gasteiger partial charge in [0, 0.05) is 26.6 Å². The summed E-state index contributed by atoms with van der Waals surface area (Å²) in [5.74, 6) is -0.212. The van der Waals surface area contributed by atoms with Crippen LogP contribution in [0, 0.1) is 5.82 Å². The van der Waals surface area contributed by atoms with Crippen molar-refractivity contribution in [3.63, 3.8) is 0 Å². The standard InChI is InChI=1S/C15H13BrCl2FN/c16-12-3-1-11(15(19)7-12)9-20-6-5-10-2-4-13(17)8-14(10)18/h1-4,7-8,20H,5-6,9H2. The fourth-order valence-electron chi connectivity index (χ4n) is 1.84. The number of halogens is 4. The Balaban J connectivity index is 1.84. The molecule has 20 heavy (non-hydrogen) atoms. The average Bonchev–Trinajstić information content (AvgIpc) is 2.39. The molecular weight excluding hydrogens is 364 g/mol. The molecule has 0 spiro atoms. The Hall–Kier alpha value is -0.610. The Bertz CT molecular complexity index is 551. The molecule has 0 aliphatic carbocycles. The van der Waals surface area contributed by atoms with E-state index in [0.29, 0.717) is 22.2 Å². The second-order valence-electron chi connectivity index (χ2n) is 4.40. The molecular formula is C15H13BrCl2FN. The highest BCUT2D eigenvalue weighted by Gasteiger charge is 2.04. The van der Waals surface area contributed by atoms with Crippen LogP contribution in [0.5, 0.6) is 0 Å². The van der Waals surface area contributed by atoms with Crippen molar-refractivity contribution in [3.05, 3.63) is 67.9 Å². The van der Waals surface area contributed by atoms with E-state index in [1.807, 2.05) is 18.2 Å². The molecule has 2 aromatic carbocycles. The van der Waals surface area contributed by atoms with E-state index in [-0.39, 0.29) is 5.82 Å². The van der Waals surface area contributed by atoms with E-state index in [1.54, 1.807) is 12.1 Å². The Labute approximate surface area is 136 Å². The molecule has 2 rings (SSSR count). The predicted octanol–water partition coefficient (Wildman–Crippen LogP) is 5.23. The van der Waals surface area contributed by atoms with E-state index in [4.69, 9.17) is 23.2 Å². The van der Waals surface area contributed by atoms with Crippen molar-refractivity contribution < 1.29 is 4.39 Å². The number of rotatable bonds is 5. The molecule has 0 aliphatic rings. The third-order valence-corrected chi connectivity index (χ3v) is 4.00. The molecule has 0 bridgehead atoms. The van der Waals surface area contributed by atoms with Crippen LogP contribution in [0.3, 0.4) is 0 Å². The lowest BCUT2D eigenvalue weighted by Gasteiger charge is -2.08. The normalized spacial score (nSPS) is 10.8. The minimum Gasteiger partial charge on any atom is -0.312 e. The van der Waals surface area contributed by atoms with Gasteiger partial charge in [-0.3, -0.25) is 0 Å². The number of nitrogens with one attached hydrogen (secondary N) is 1. The third kappa shape index (κ3) is 4.45. The van der Waals surface area contributed by atoms with E-state index in [9.17, 15) is 4.39 Å². The summed E-state index contributed by atoms with van der Waals surface area (Å²) < 4.78 is 14.3. The van der Waals surface area contributed by atoms with Crippen LogP contribution < -0.4 is 5.32 Å². The molecule has 0 heterocycles. The summed E-state index contributed by atoms with van der Waals surface area (Å²) in [4.78, 5) is 0. The van der Waals surface area contributed by atoms with Crippen LogP contribution in [-0.2, 0) is 13.0 Å². The lowest BCUT2D eigenvalue weighted by atomic mass is 10.1. The minimum atomic E-state index is -0.212. The first-order valence-electron chi connectivity index (χ1n) is 6.15. The highest BCUT2D eigenvalue weighted by atomic mass is 79.9. The van der Waals surface area contributed by atoms with Crippen molar-refractivity contribution in [2.45, 2.75) is 13.0 Å². The van der Waals surface area contributed by atoms with Gasteiger partial charge in [-0.05, 0) is 42.8 Å². The molecule has 0 atom stereocenters. The van der Waals surface area contributed by atoms with Crippen molar-refractivity contribution >= 4 is 39.1 Å². The molecule has 1 N–H and O–H groups in total. The van der Waals surface area contributed by atoms with Gasteiger partial charge >= 0.3 is 0 Å². The van der Waals surface area contributed by atoms with Gasteiger partial charge in [0.2, 0.25) is 0 Å². The lowest BCUT2D eigenvalue weighted by molar-refractivity contribution is 0.587. The maximum Gasteiger partial charge on any atom is 0.128 e. The first kappa shape index (κ1) is 15.8. The Morgan fingerprint density at radius 3 is 2.50 bits per heavy atom. The Morgan fingerprint density at radius 2 is 1.80 bits per heavy atom. The smallest absolute Gasteiger partial charge is 0.128 e. The summed E-state index contributed by atoms with van der Waals surface area (Å²) in [6, 6.07) is 10.5. The third-order valence-electron chi connectivity index (χ3n) is 2.92. The maximum atomic E-state index is 13.6. The summed E-state index contributed by atoms with van der Waals surface area (Å²) in [5.41, 5.74) is 1.68. The second-order valence-corrected chi connectivity index (χ2v) is 6.16. The van der Waals surface area contributed by atoms with Gasteiger partial charge in [-0.2, -0.15) is 0 Å². The lowest BCUT2D eigenvalue weighted by Crippen LogP contribution is -2.17. The minimum absolute atomic E-state index is 0.212. The average molecular weight is 377 g/mol. The molecule has 0 amide bonds. The van der Waals surface area contributed by atoms with Gasteiger partial charge in [0.15, 0.2) is 0 Å². The van der Waals surface area contributed by atoms with Crippen molar-refractivity contribution in [2.24, 2.45) is 0 Å². The van der Waals surface area contributed by atoms with Crippen LogP contribution in [0.15, 0.2) is 40.9 Å². The van der Waals surface area contributed by atoms with Crippen molar-refractivity contribution in [3.8, 4) is 0 Å². The van der Waals surface area contributed by atoms with Crippen LogP contribution in [0.2, 0.25) is 10.0 Å². The van der Waals surface area contributed by atoms with E-state index in [0.717, 1.165) is 23.0 Å². The molecule has 106 valence electrons. The summed E-state index contributed by atoms with van der Waals surface area (Å²) in [5, 5.41) is 4.49.